The lowest BCUT2D eigenvalue weighted by Gasteiger charge is -2.34. The third kappa shape index (κ3) is 9.21. The second-order valence-electron chi connectivity index (χ2n) is 11.5. The highest BCUT2D eigenvalue weighted by atomic mass is 35.5. The van der Waals surface area contributed by atoms with E-state index in [0.29, 0.717) is 22.9 Å². The smallest absolute Gasteiger partial charge is 0.264 e. The minimum absolute atomic E-state index is 0.0403. The van der Waals surface area contributed by atoms with E-state index in [0.717, 1.165) is 9.87 Å². The van der Waals surface area contributed by atoms with Crippen molar-refractivity contribution < 1.29 is 27.5 Å². The number of hydrogen-bond acceptors (Lipinski definition) is 6. The highest BCUT2D eigenvalue weighted by Gasteiger charge is 2.35. The molecule has 1 N–H and O–H groups in total. The maximum atomic E-state index is 14.6. The van der Waals surface area contributed by atoms with Gasteiger partial charge in [-0.25, -0.2) is 8.42 Å². The van der Waals surface area contributed by atoms with Gasteiger partial charge in [-0.2, -0.15) is 0 Å². The molecule has 9 nitrogen and oxygen atoms in total. The summed E-state index contributed by atoms with van der Waals surface area (Å²) in [5.74, 6) is -0.248. The van der Waals surface area contributed by atoms with Crippen molar-refractivity contribution >= 4 is 50.7 Å². The predicted molar refractivity (Wildman–Crippen MR) is 189 cm³/mol. The maximum absolute atomic E-state index is 14.6. The molecule has 0 fully saturated rings. The zero-order valence-corrected chi connectivity index (χ0v) is 29.6. The van der Waals surface area contributed by atoms with Crippen LogP contribution in [0.2, 0.25) is 10.0 Å². The number of benzene rings is 4. The number of sulfonamides is 1. The first-order valence-electron chi connectivity index (χ1n) is 15.3. The summed E-state index contributed by atoms with van der Waals surface area (Å²) in [5.41, 5.74) is 1.70. The van der Waals surface area contributed by atoms with Gasteiger partial charge in [-0.3, -0.25) is 13.9 Å². The number of carbonyl (C=O) groups excluding carboxylic acids is 2. The van der Waals surface area contributed by atoms with E-state index in [2.05, 4.69) is 5.32 Å². The number of rotatable bonds is 15. The molecule has 2 amide bonds. The number of para-hydroxylation sites is 1. The van der Waals surface area contributed by atoms with Gasteiger partial charge in [-0.05, 0) is 53.4 Å². The third-order valence-electron chi connectivity index (χ3n) is 7.56. The van der Waals surface area contributed by atoms with Crippen LogP contribution in [0, 0.1) is 5.92 Å². The van der Waals surface area contributed by atoms with E-state index < -0.39 is 28.5 Å². The van der Waals surface area contributed by atoms with Gasteiger partial charge in [0.2, 0.25) is 11.8 Å². The molecule has 4 rings (SSSR count). The van der Waals surface area contributed by atoms with Crippen LogP contribution in [0.1, 0.15) is 25.0 Å². The van der Waals surface area contributed by atoms with E-state index in [1.807, 2.05) is 44.2 Å². The van der Waals surface area contributed by atoms with Gasteiger partial charge in [0.05, 0.1) is 34.8 Å². The van der Waals surface area contributed by atoms with Gasteiger partial charge >= 0.3 is 0 Å². The van der Waals surface area contributed by atoms with Crippen molar-refractivity contribution in [3.05, 3.63) is 118 Å². The Labute approximate surface area is 292 Å². The van der Waals surface area contributed by atoms with Crippen LogP contribution in [0.15, 0.2) is 102 Å². The monoisotopic (exact) mass is 711 g/mol. The normalized spacial score (nSPS) is 11.9. The van der Waals surface area contributed by atoms with E-state index in [1.54, 1.807) is 48.5 Å². The van der Waals surface area contributed by atoms with E-state index in [1.165, 1.54) is 37.3 Å². The molecule has 4 aromatic rings. The quantitative estimate of drug-likeness (QED) is 0.149. The Kier molecular flexibility index (Phi) is 12.7. The summed E-state index contributed by atoms with van der Waals surface area (Å²) in [7, 11) is -1.48. The maximum Gasteiger partial charge on any atom is 0.264 e. The zero-order valence-electron chi connectivity index (χ0n) is 27.2. The molecule has 0 bridgehead atoms. The van der Waals surface area contributed by atoms with E-state index in [9.17, 15) is 18.0 Å². The molecule has 0 heterocycles. The van der Waals surface area contributed by atoms with Crippen LogP contribution in [0.25, 0.3) is 0 Å². The van der Waals surface area contributed by atoms with Crippen LogP contribution in [0.3, 0.4) is 0 Å². The lowest BCUT2D eigenvalue weighted by Crippen LogP contribution is -2.53. The van der Waals surface area contributed by atoms with Crippen LogP contribution in [-0.2, 0) is 32.6 Å². The Bertz CT molecular complexity index is 1810. The molecule has 1 atom stereocenters. The average molecular weight is 713 g/mol. The second-order valence-corrected chi connectivity index (χ2v) is 14.2. The Balaban J connectivity index is 1.82. The Hall–Kier alpha value is -4.25. The van der Waals surface area contributed by atoms with Gasteiger partial charge in [0.25, 0.3) is 10.0 Å². The standard InChI is InChI=1S/C36H39Cl2N3O6S/c1-25(2)22-39-36(43)32(20-26-11-7-5-8-12-26)40(23-27-15-17-30(37)31(38)19-27)35(42)24-41(28-13-9-6-10-14-28)48(44,45)29-16-18-33(46-3)34(21-29)47-4/h5-19,21,25,32H,20,22-24H2,1-4H3,(H,39,43)/t32-/m1/s1. The molecule has 0 spiro atoms. The summed E-state index contributed by atoms with van der Waals surface area (Å²) in [5, 5.41) is 3.59. The van der Waals surface area contributed by atoms with Crippen LogP contribution in [-0.4, -0.2) is 58.5 Å². The van der Waals surface area contributed by atoms with E-state index in [-0.39, 0.29) is 46.1 Å². The van der Waals surface area contributed by atoms with Crippen molar-refractivity contribution in [3.63, 3.8) is 0 Å². The fourth-order valence-corrected chi connectivity index (χ4v) is 6.79. The molecule has 0 aromatic heterocycles. The highest BCUT2D eigenvalue weighted by Crippen LogP contribution is 2.32. The molecular weight excluding hydrogens is 673 g/mol. The van der Waals surface area contributed by atoms with Crippen LogP contribution < -0.4 is 19.1 Å². The van der Waals surface area contributed by atoms with Gasteiger partial charge in [-0.1, -0.05) is 91.6 Å². The molecule has 0 aliphatic heterocycles. The number of nitrogens with one attached hydrogen (secondary N) is 1. The molecule has 0 saturated heterocycles. The summed E-state index contributed by atoms with van der Waals surface area (Å²) in [4.78, 5) is 29.8. The molecule has 0 unspecified atom stereocenters. The predicted octanol–water partition coefficient (Wildman–Crippen LogP) is 6.62. The summed E-state index contributed by atoms with van der Waals surface area (Å²) in [6.07, 6.45) is 0.186. The fraction of sp³-hybridized carbons (Fsp3) is 0.278. The first kappa shape index (κ1) is 36.6. The fourth-order valence-electron chi connectivity index (χ4n) is 5.04. The van der Waals surface area contributed by atoms with Gasteiger partial charge in [0.15, 0.2) is 11.5 Å². The molecular formula is C36H39Cl2N3O6S. The number of nitrogens with zero attached hydrogens (tertiary/aromatic N) is 2. The van der Waals surface area contributed by atoms with Crippen molar-refractivity contribution in [1.82, 2.24) is 10.2 Å². The van der Waals surface area contributed by atoms with Crippen molar-refractivity contribution in [1.29, 1.82) is 0 Å². The number of ether oxygens (including phenoxy) is 2. The summed E-state index contributed by atoms with van der Waals surface area (Å²) < 4.78 is 40.3. The lowest BCUT2D eigenvalue weighted by atomic mass is 10.0. The number of halogens is 2. The second kappa shape index (κ2) is 16.7. The van der Waals surface area contributed by atoms with Gasteiger partial charge in [0.1, 0.15) is 12.6 Å². The SMILES string of the molecule is COc1ccc(S(=O)(=O)N(CC(=O)N(Cc2ccc(Cl)c(Cl)c2)[C@H](Cc2ccccc2)C(=O)NCC(C)C)c2ccccc2)cc1OC. The van der Waals surface area contributed by atoms with Gasteiger partial charge < -0.3 is 19.7 Å². The Morgan fingerprint density at radius 1 is 0.792 bits per heavy atom. The summed E-state index contributed by atoms with van der Waals surface area (Å²) >= 11 is 12.5. The number of hydrogen-bond donors (Lipinski definition) is 1. The van der Waals surface area contributed by atoms with Crippen molar-refractivity contribution in [3.8, 4) is 11.5 Å². The number of anilines is 1. The van der Waals surface area contributed by atoms with E-state index >= 15 is 0 Å². The summed E-state index contributed by atoms with van der Waals surface area (Å²) in [6, 6.07) is 25.9. The minimum Gasteiger partial charge on any atom is -0.493 e. The first-order chi connectivity index (χ1) is 22.9. The third-order valence-corrected chi connectivity index (χ3v) is 10.1. The molecule has 48 heavy (non-hydrogen) atoms. The molecule has 0 aliphatic carbocycles. The minimum atomic E-state index is -4.34. The largest absolute Gasteiger partial charge is 0.493 e. The Morgan fingerprint density at radius 3 is 2.04 bits per heavy atom. The van der Waals surface area contributed by atoms with E-state index in [4.69, 9.17) is 32.7 Å². The molecule has 254 valence electrons. The molecule has 4 aromatic carbocycles. The molecule has 0 radical (unpaired) electrons. The van der Waals surface area contributed by atoms with Crippen molar-refractivity contribution in [2.45, 2.75) is 37.8 Å². The van der Waals surface area contributed by atoms with Gasteiger partial charge in [0, 0.05) is 25.6 Å². The molecule has 0 aliphatic rings. The molecule has 0 saturated carbocycles. The lowest BCUT2D eigenvalue weighted by molar-refractivity contribution is -0.140. The van der Waals surface area contributed by atoms with Gasteiger partial charge in [-0.15, -0.1) is 0 Å². The number of methoxy groups -OCH3 is 2. The average Bonchev–Trinajstić information content (AvgIpc) is 3.09. The Morgan fingerprint density at radius 2 is 1.44 bits per heavy atom. The topological polar surface area (TPSA) is 105 Å². The first-order valence-corrected chi connectivity index (χ1v) is 17.5. The van der Waals surface area contributed by atoms with Crippen LogP contribution in [0.4, 0.5) is 5.69 Å². The van der Waals surface area contributed by atoms with Crippen LogP contribution in [0.5, 0.6) is 11.5 Å². The van der Waals surface area contributed by atoms with Crippen molar-refractivity contribution in [2.75, 3.05) is 31.6 Å². The zero-order chi connectivity index (χ0) is 34.8. The van der Waals surface area contributed by atoms with Crippen LogP contribution >= 0.6 is 23.2 Å². The highest BCUT2D eigenvalue weighted by molar-refractivity contribution is 7.92. The summed E-state index contributed by atoms with van der Waals surface area (Å²) in [6.45, 7) is 3.69. The number of amides is 2. The number of carbonyl (C=O) groups is 2. The van der Waals surface area contributed by atoms with Crippen molar-refractivity contribution in [2.24, 2.45) is 5.92 Å². The molecule has 12 heteroatoms.